The van der Waals surface area contributed by atoms with E-state index in [2.05, 4.69) is 15.9 Å². The third-order valence-electron chi connectivity index (χ3n) is 4.59. The molecule has 7 heteroatoms. The van der Waals surface area contributed by atoms with Gasteiger partial charge in [-0.3, -0.25) is 4.79 Å². The summed E-state index contributed by atoms with van der Waals surface area (Å²) < 4.78 is 22.4. The molecule has 2 aromatic carbocycles. The van der Waals surface area contributed by atoms with E-state index in [-0.39, 0.29) is 19.0 Å². The number of benzene rings is 2. The van der Waals surface area contributed by atoms with Crippen LogP contribution in [0.4, 0.5) is 0 Å². The molecule has 30 heavy (non-hydrogen) atoms. The molecule has 6 nitrogen and oxygen atoms in total. The summed E-state index contributed by atoms with van der Waals surface area (Å²) in [6.45, 7) is 2.79. The number of aryl methyl sites for hydroxylation is 2. The normalized spacial score (nSPS) is 10.9. The van der Waals surface area contributed by atoms with E-state index in [9.17, 15) is 9.59 Å². The first kappa shape index (κ1) is 22.1. The Morgan fingerprint density at radius 3 is 2.60 bits per heavy atom. The lowest BCUT2D eigenvalue weighted by molar-refractivity contribution is -0.144. The second-order valence-electron chi connectivity index (χ2n) is 6.83. The smallest absolute Gasteiger partial charge is 0.336 e. The van der Waals surface area contributed by atoms with Crippen LogP contribution in [0.1, 0.15) is 23.1 Å². The van der Waals surface area contributed by atoms with Gasteiger partial charge in [0.2, 0.25) is 0 Å². The van der Waals surface area contributed by atoms with Gasteiger partial charge in [-0.05, 0) is 48.2 Å². The van der Waals surface area contributed by atoms with Gasteiger partial charge in [0, 0.05) is 35.5 Å². The summed E-state index contributed by atoms with van der Waals surface area (Å²) in [6, 6.07) is 12.9. The molecule has 0 radical (unpaired) electrons. The average Bonchev–Trinajstić information content (AvgIpc) is 2.72. The van der Waals surface area contributed by atoms with Crippen molar-refractivity contribution in [3.63, 3.8) is 0 Å². The minimum absolute atomic E-state index is 0.208. The lowest BCUT2D eigenvalue weighted by Crippen LogP contribution is -2.11. The van der Waals surface area contributed by atoms with E-state index in [0.29, 0.717) is 31.0 Å². The van der Waals surface area contributed by atoms with Gasteiger partial charge in [-0.25, -0.2) is 4.79 Å². The zero-order valence-electron chi connectivity index (χ0n) is 16.9. The Morgan fingerprint density at radius 2 is 1.87 bits per heavy atom. The van der Waals surface area contributed by atoms with Crippen LogP contribution in [0.3, 0.4) is 0 Å². The predicted octanol–water partition coefficient (Wildman–Crippen LogP) is 4.57. The van der Waals surface area contributed by atoms with Crippen molar-refractivity contribution in [2.45, 2.75) is 26.4 Å². The molecule has 1 heterocycles. The second-order valence-corrected chi connectivity index (χ2v) is 7.75. The quantitative estimate of drug-likeness (QED) is 0.257. The minimum atomic E-state index is -0.409. The van der Waals surface area contributed by atoms with Crippen molar-refractivity contribution in [2.75, 3.05) is 20.3 Å². The van der Waals surface area contributed by atoms with Gasteiger partial charge in [0.1, 0.15) is 24.5 Å². The highest BCUT2D eigenvalue weighted by Crippen LogP contribution is 2.29. The number of halogens is 1. The Morgan fingerprint density at radius 1 is 1.10 bits per heavy atom. The Kier molecular flexibility index (Phi) is 7.65. The zero-order chi connectivity index (χ0) is 21.5. The van der Waals surface area contributed by atoms with E-state index in [4.69, 9.17) is 18.6 Å². The number of methoxy groups -OCH3 is 1. The molecule has 0 aliphatic rings. The van der Waals surface area contributed by atoms with E-state index in [1.165, 1.54) is 6.07 Å². The molecule has 0 amide bonds. The highest BCUT2D eigenvalue weighted by atomic mass is 79.9. The molecule has 1 aromatic heterocycles. The monoisotopic (exact) mass is 474 g/mol. The Hall–Kier alpha value is -2.64. The van der Waals surface area contributed by atoms with Crippen molar-refractivity contribution >= 4 is 32.9 Å². The van der Waals surface area contributed by atoms with Crippen LogP contribution in [0.5, 0.6) is 5.75 Å². The maximum atomic E-state index is 12.0. The van der Waals surface area contributed by atoms with Crippen LogP contribution in [0.2, 0.25) is 0 Å². The van der Waals surface area contributed by atoms with Crippen LogP contribution in [-0.2, 0) is 27.3 Å². The third kappa shape index (κ3) is 5.93. The molecule has 0 bridgehead atoms. The third-order valence-corrected chi connectivity index (χ3v) is 5.12. The zero-order valence-corrected chi connectivity index (χ0v) is 18.5. The maximum absolute atomic E-state index is 12.0. The molecule has 0 fully saturated rings. The molecule has 0 atom stereocenters. The number of ether oxygens (including phenoxy) is 3. The first-order valence-electron chi connectivity index (χ1n) is 9.55. The number of hydrogen-bond acceptors (Lipinski definition) is 6. The van der Waals surface area contributed by atoms with Gasteiger partial charge in [-0.2, -0.15) is 0 Å². The fraction of sp³-hybridized carbons (Fsp3) is 0.304. The Bertz CT molecular complexity index is 1070. The summed E-state index contributed by atoms with van der Waals surface area (Å²) in [4.78, 5) is 23.8. The van der Waals surface area contributed by atoms with E-state index in [0.717, 1.165) is 26.5 Å². The molecule has 0 aliphatic heterocycles. The van der Waals surface area contributed by atoms with Crippen molar-refractivity contribution in [1.29, 1.82) is 0 Å². The van der Waals surface area contributed by atoms with Crippen LogP contribution < -0.4 is 10.4 Å². The number of esters is 1. The largest absolute Gasteiger partial charge is 0.488 e. The standard InChI is InChI=1S/C23H23BrO6/c1-15-11-23(26)30-21-13-20(29-14-16-3-6-18(24)7-4-16)17(12-19(15)21)5-8-22(25)28-10-9-27-2/h3-4,6-7,11-13H,5,8-10,14H2,1-2H3. The van der Waals surface area contributed by atoms with E-state index in [1.807, 2.05) is 37.3 Å². The highest BCUT2D eigenvalue weighted by Gasteiger charge is 2.13. The van der Waals surface area contributed by atoms with Gasteiger partial charge in [-0.15, -0.1) is 0 Å². The summed E-state index contributed by atoms with van der Waals surface area (Å²) in [5, 5.41) is 0.813. The number of hydrogen-bond donors (Lipinski definition) is 0. The molecule has 0 spiro atoms. The number of carbonyl (C=O) groups excluding carboxylic acids is 1. The topological polar surface area (TPSA) is 75.0 Å². The van der Waals surface area contributed by atoms with Gasteiger partial charge >= 0.3 is 11.6 Å². The molecule has 0 aliphatic carbocycles. The van der Waals surface area contributed by atoms with Crippen molar-refractivity contribution < 1.29 is 23.4 Å². The number of fused-ring (bicyclic) bond motifs is 1. The summed E-state index contributed by atoms with van der Waals surface area (Å²) in [6.07, 6.45) is 0.648. The van der Waals surface area contributed by atoms with Gasteiger partial charge in [0.15, 0.2) is 0 Å². The molecule has 3 rings (SSSR count). The van der Waals surface area contributed by atoms with Crippen LogP contribution in [-0.4, -0.2) is 26.3 Å². The van der Waals surface area contributed by atoms with Crippen LogP contribution in [0.25, 0.3) is 11.0 Å². The van der Waals surface area contributed by atoms with Crippen molar-refractivity contribution in [2.24, 2.45) is 0 Å². The molecule has 3 aromatic rings. The van der Waals surface area contributed by atoms with Gasteiger partial charge in [0.05, 0.1) is 6.61 Å². The molecule has 0 saturated heterocycles. The summed E-state index contributed by atoms with van der Waals surface area (Å²) in [5.74, 6) is 0.270. The highest BCUT2D eigenvalue weighted by molar-refractivity contribution is 9.10. The lowest BCUT2D eigenvalue weighted by Gasteiger charge is -2.14. The average molecular weight is 475 g/mol. The molecular formula is C23H23BrO6. The maximum Gasteiger partial charge on any atom is 0.336 e. The first-order chi connectivity index (χ1) is 14.5. The van der Waals surface area contributed by atoms with Crippen LogP contribution >= 0.6 is 15.9 Å². The predicted molar refractivity (Wildman–Crippen MR) is 117 cm³/mol. The van der Waals surface area contributed by atoms with Crippen LogP contribution in [0.15, 0.2) is 56.1 Å². The number of rotatable bonds is 9. The van der Waals surface area contributed by atoms with Crippen molar-refractivity contribution in [3.8, 4) is 5.75 Å². The van der Waals surface area contributed by atoms with Crippen LogP contribution in [0, 0.1) is 6.92 Å². The molecule has 0 unspecified atom stereocenters. The van der Waals surface area contributed by atoms with Gasteiger partial charge in [-0.1, -0.05) is 28.1 Å². The van der Waals surface area contributed by atoms with Crippen molar-refractivity contribution in [1.82, 2.24) is 0 Å². The summed E-state index contributed by atoms with van der Waals surface area (Å²) in [5.41, 5.74) is 2.70. The molecule has 0 saturated carbocycles. The fourth-order valence-electron chi connectivity index (χ4n) is 3.01. The van der Waals surface area contributed by atoms with E-state index in [1.54, 1.807) is 13.2 Å². The van der Waals surface area contributed by atoms with E-state index < -0.39 is 5.63 Å². The SMILES string of the molecule is COCCOC(=O)CCc1cc2c(C)cc(=O)oc2cc1OCc1ccc(Br)cc1. The summed E-state index contributed by atoms with van der Waals surface area (Å²) in [7, 11) is 1.55. The Labute approximate surface area is 182 Å². The van der Waals surface area contributed by atoms with Gasteiger partial charge in [0.25, 0.3) is 0 Å². The first-order valence-corrected chi connectivity index (χ1v) is 10.3. The minimum Gasteiger partial charge on any atom is -0.488 e. The number of carbonyl (C=O) groups is 1. The molecule has 0 N–H and O–H groups in total. The van der Waals surface area contributed by atoms with Crippen molar-refractivity contribution in [3.05, 3.63) is 74.0 Å². The second kappa shape index (κ2) is 10.4. The molecular weight excluding hydrogens is 452 g/mol. The fourth-order valence-corrected chi connectivity index (χ4v) is 3.27. The van der Waals surface area contributed by atoms with E-state index >= 15 is 0 Å². The molecule has 158 valence electrons. The van der Waals surface area contributed by atoms with Gasteiger partial charge < -0.3 is 18.6 Å². The summed E-state index contributed by atoms with van der Waals surface area (Å²) >= 11 is 3.42. The lowest BCUT2D eigenvalue weighted by atomic mass is 10.0. The Balaban J connectivity index is 1.83.